The van der Waals surface area contributed by atoms with Crippen molar-refractivity contribution < 1.29 is 19.7 Å². The summed E-state index contributed by atoms with van der Waals surface area (Å²) in [4.78, 5) is 0. The first-order valence-electron chi connectivity index (χ1n) is 9.19. The van der Waals surface area contributed by atoms with Gasteiger partial charge in [-0.15, -0.1) is 0 Å². The molecule has 0 amide bonds. The van der Waals surface area contributed by atoms with Crippen molar-refractivity contribution >= 4 is 5.57 Å². The maximum absolute atomic E-state index is 11.1. The highest BCUT2D eigenvalue weighted by Gasteiger charge is 2.29. The average Bonchev–Trinajstić information content (AvgIpc) is 2.72. The van der Waals surface area contributed by atoms with Crippen LogP contribution in [-0.2, 0) is 10.2 Å². The lowest BCUT2D eigenvalue weighted by Gasteiger charge is -2.25. The fourth-order valence-electron chi connectivity index (χ4n) is 3.19. The molecule has 1 atom stereocenters. The number of phenolic OH excluding ortho intramolecular Hbond substituents is 1. The molecular weight excluding hydrogens is 340 g/mol. The molecule has 0 spiro atoms. The lowest BCUT2D eigenvalue weighted by molar-refractivity contribution is 0.178. The molecule has 0 bridgehead atoms. The number of allylic oxidation sites excluding steroid dienone is 3. The highest BCUT2D eigenvalue weighted by Crippen LogP contribution is 2.44. The third-order valence-electron chi connectivity index (χ3n) is 4.79. The molecule has 2 N–H and O–H groups in total. The van der Waals surface area contributed by atoms with Gasteiger partial charge < -0.3 is 19.7 Å². The molecule has 1 aliphatic carbocycles. The van der Waals surface area contributed by atoms with Gasteiger partial charge in [-0.3, -0.25) is 0 Å². The zero-order valence-corrected chi connectivity index (χ0v) is 17.7. The Morgan fingerprint density at radius 3 is 2.04 bits per heavy atom. The van der Waals surface area contributed by atoms with Gasteiger partial charge in [0.1, 0.15) is 17.3 Å². The molecule has 27 heavy (non-hydrogen) atoms. The zero-order valence-electron chi connectivity index (χ0n) is 17.7. The Morgan fingerprint density at radius 2 is 1.56 bits per heavy atom. The standard InChI is InChI=1S/C23H32O4/c1-22(2,3)18-10-9-14(26-7)11-16(20(18)24)17-12-15(27-8)13-19(21(17)25)23(4,5)6/h9-14,24-25H,1-8H3. The van der Waals surface area contributed by atoms with Crippen LogP contribution in [0.2, 0.25) is 0 Å². The fraction of sp³-hybridized carbons (Fsp3) is 0.478. The van der Waals surface area contributed by atoms with Crippen LogP contribution in [-0.4, -0.2) is 30.5 Å². The molecule has 0 aliphatic heterocycles. The van der Waals surface area contributed by atoms with Crippen LogP contribution in [0.25, 0.3) is 5.57 Å². The highest BCUT2D eigenvalue weighted by molar-refractivity contribution is 5.84. The molecule has 1 aliphatic rings. The van der Waals surface area contributed by atoms with E-state index in [0.717, 1.165) is 11.1 Å². The minimum atomic E-state index is -0.314. The number of methoxy groups -OCH3 is 2. The first kappa shape index (κ1) is 21.1. The average molecular weight is 373 g/mol. The topological polar surface area (TPSA) is 58.9 Å². The van der Waals surface area contributed by atoms with Crippen LogP contribution >= 0.6 is 0 Å². The van der Waals surface area contributed by atoms with E-state index < -0.39 is 0 Å². The lowest BCUT2D eigenvalue weighted by Crippen LogP contribution is -2.14. The van der Waals surface area contributed by atoms with Gasteiger partial charge in [-0.2, -0.15) is 0 Å². The van der Waals surface area contributed by atoms with Gasteiger partial charge in [0.2, 0.25) is 0 Å². The number of rotatable bonds is 3. The number of hydrogen-bond acceptors (Lipinski definition) is 4. The molecule has 1 aromatic carbocycles. The van der Waals surface area contributed by atoms with Crippen molar-refractivity contribution in [1.29, 1.82) is 0 Å². The number of hydrogen-bond donors (Lipinski definition) is 2. The van der Waals surface area contributed by atoms with Crippen molar-refractivity contribution in [1.82, 2.24) is 0 Å². The maximum Gasteiger partial charge on any atom is 0.127 e. The van der Waals surface area contributed by atoms with Crippen LogP contribution in [0.1, 0.15) is 52.7 Å². The van der Waals surface area contributed by atoms with Gasteiger partial charge in [0.05, 0.1) is 13.2 Å². The molecule has 0 saturated heterocycles. The predicted molar refractivity (Wildman–Crippen MR) is 110 cm³/mol. The van der Waals surface area contributed by atoms with Crippen LogP contribution in [0.15, 0.2) is 41.7 Å². The summed E-state index contributed by atoms with van der Waals surface area (Å²) in [5, 5.41) is 22.2. The van der Waals surface area contributed by atoms with Crippen molar-refractivity contribution in [3.05, 3.63) is 52.8 Å². The van der Waals surface area contributed by atoms with E-state index in [-0.39, 0.29) is 28.4 Å². The van der Waals surface area contributed by atoms with Gasteiger partial charge in [0, 0.05) is 23.8 Å². The van der Waals surface area contributed by atoms with Crippen LogP contribution in [0.5, 0.6) is 11.5 Å². The SMILES string of the molecule is COc1cc(C2=CC(OC)C=CC(C(C)(C)C)=C2O)c(O)c(C(C)(C)C)c1. The van der Waals surface area contributed by atoms with E-state index in [9.17, 15) is 10.2 Å². The second kappa shape index (κ2) is 7.43. The summed E-state index contributed by atoms with van der Waals surface area (Å²) in [6, 6.07) is 3.60. The number of aliphatic hydroxyl groups excluding tert-OH is 1. The summed E-state index contributed by atoms with van der Waals surface area (Å²) >= 11 is 0. The summed E-state index contributed by atoms with van der Waals surface area (Å²) < 4.78 is 11.0. The van der Waals surface area contributed by atoms with Gasteiger partial charge in [-0.1, -0.05) is 53.7 Å². The number of ether oxygens (including phenoxy) is 2. The smallest absolute Gasteiger partial charge is 0.127 e. The number of aliphatic hydroxyl groups is 1. The van der Waals surface area contributed by atoms with Crippen molar-refractivity contribution in [2.45, 2.75) is 53.1 Å². The van der Waals surface area contributed by atoms with Gasteiger partial charge in [-0.05, 0) is 34.6 Å². The van der Waals surface area contributed by atoms with E-state index in [1.54, 1.807) is 20.3 Å². The Hall–Kier alpha value is -2.20. The van der Waals surface area contributed by atoms with Crippen molar-refractivity contribution in [3.8, 4) is 11.5 Å². The van der Waals surface area contributed by atoms with E-state index in [0.29, 0.717) is 16.9 Å². The molecule has 0 fully saturated rings. The zero-order chi connectivity index (χ0) is 20.6. The summed E-state index contributed by atoms with van der Waals surface area (Å²) in [7, 11) is 3.22. The molecule has 4 nitrogen and oxygen atoms in total. The van der Waals surface area contributed by atoms with E-state index >= 15 is 0 Å². The molecule has 0 saturated carbocycles. The van der Waals surface area contributed by atoms with Crippen molar-refractivity contribution in [3.63, 3.8) is 0 Å². The largest absolute Gasteiger partial charge is 0.507 e. The monoisotopic (exact) mass is 372 g/mol. The van der Waals surface area contributed by atoms with Gasteiger partial charge in [-0.25, -0.2) is 0 Å². The molecule has 148 valence electrons. The third kappa shape index (κ3) is 4.38. The second-order valence-electron chi connectivity index (χ2n) is 8.97. The predicted octanol–water partition coefficient (Wildman–Crippen LogP) is 5.52. The molecular formula is C23H32O4. The Bertz CT molecular complexity index is 799. The van der Waals surface area contributed by atoms with E-state index in [1.807, 2.05) is 65.8 Å². The summed E-state index contributed by atoms with van der Waals surface area (Å²) in [6.45, 7) is 12.2. The fourth-order valence-corrected chi connectivity index (χ4v) is 3.19. The third-order valence-corrected chi connectivity index (χ3v) is 4.79. The molecule has 1 unspecified atom stereocenters. The number of benzene rings is 1. The van der Waals surface area contributed by atoms with E-state index in [1.165, 1.54) is 0 Å². The molecule has 0 radical (unpaired) electrons. The van der Waals surface area contributed by atoms with Crippen molar-refractivity contribution in [2.24, 2.45) is 5.41 Å². The van der Waals surface area contributed by atoms with Crippen LogP contribution in [0.4, 0.5) is 0 Å². The van der Waals surface area contributed by atoms with Crippen LogP contribution in [0.3, 0.4) is 0 Å². The molecule has 0 aromatic heterocycles. The second-order valence-corrected chi connectivity index (χ2v) is 8.97. The Labute approximate surface area is 162 Å². The van der Waals surface area contributed by atoms with E-state index in [2.05, 4.69) is 0 Å². The highest BCUT2D eigenvalue weighted by atomic mass is 16.5. The van der Waals surface area contributed by atoms with Crippen LogP contribution in [0, 0.1) is 5.41 Å². The summed E-state index contributed by atoms with van der Waals surface area (Å²) in [5.41, 5.74) is 2.05. The van der Waals surface area contributed by atoms with Crippen LogP contribution < -0.4 is 4.74 Å². The molecule has 1 aromatic rings. The lowest BCUT2D eigenvalue weighted by atomic mass is 9.81. The molecule has 2 rings (SSSR count). The van der Waals surface area contributed by atoms with E-state index in [4.69, 9.17) is 9.47 Å². The molecule has 4 heteroatoms. The quantitative estimate of drug-likeness (QED) is 0.733. The van der Waals surface area contributed by atoms with Crippen molar-refractivity contribution in [2.75, 3.05) is 14.2 Å². The molecule has 0 heterocycles. The first-order chi connectivity index (χ1) is 12.4. The number of phenols is 1. The first-order valence-corrected chi connectivity index (χ1v) is 9.19. The minimum absolute atomic E-state index is 0.140. The minimum Gasteiger partial charge on any atom is -0.507 e. The summed E-state index contributed by atoms with van der Waals surface area (Å²) in [6.07, 6.45) is 5.32. The summed E-state index contributed by atoms with van der Waals surface area (Å²) in [5.74, 6) is 0.915. The number of aromatic hydroxyl groups is 1. The Morgan fingerprint density at radius 1 is 0.926 bits per heavy atom. The maximum atomic E-state index is 11.1. The Kier molecular flexibility index (Phi) is 5.81. The van der Waals surface area contributed by atoms with Gasteiger partial charge in [0.25, 0.3) is 0 Å². The Balaban J connectivity index is 2.82. The normalized spacial score (nSPS) is 18.4. The van der Waals surface area contributed by atoms with Gasteiger partial charge >= 0.3 is 0 Å². The van der Waals surface area contributed by atoms with Gasteiger partial charge in [0.15, 0.2) is 0 Å².